The number of fused-ring (bicyclic) bond motifs is 1. The second-order valence-corrected chi connectivity index (χ2v) is 7.28. The molecule has 4 rings (SSSR count). The highest BCUT2D eigenvalue weighted by Crippen LogP contribution is 2.33. The smallest absolute Gasteiger partial charge is 0.267 e. The summed E-state index contributed by atoms with van der Waals surface area (Å²) in [6.07, 6.45) is -1.61. The normalized spacial score (nSPS) is 12.1. The Morgan fingerprint density at radius 1 is 1.24 bits per heavy atom. The Labute approximate surface area is 189 Å². The zero-order valence-corrected chi connectivity index (χ0v) is 17.6. The SMILES string of the molecule is C[C@H](Nc1nc(N)nc(N)c1C#N)c1nc2ccc(Cl)c(C(F)F)c2c(=O)n1-c1ccn[nH]1. The van der Waals surface area contributed by atoms with Crippen molar-refractivity contribution in [2.75, 3.05) is 16.8 Å². The van der Waals surface area contributed by atoms with Gasteiger partial charge >= 0.3 is 0 Å². The highest BCUT2D eigenvalue weighted by atomic mass is 35.5. The summed E-state index contributed by atoms with van der Waals surface area (Å²) >= 11 is 5.96. The summed E-state index contributed by atoms with van der Waals surface area (Å²) in [4.78, 5) is 25.6. The molecule has 1 atom stereocenters. The molecule has 3 heterocycles. The van der Waals surface area contributed by atoms with Gasteiger partial charge in [0.05, 0.1) is 33.7 Å². The minimum atomic E-state index is -3.00. The van der Waals surface area contributed by atoms with Crippen LogP contribution < -0.4 is 22.3 Å². The number of alkyl halides is 2. The van der Waals surface area contributed by atoms with Crippen molar-refractivity contribution in [3.63, 3.8) is 0 Å². The molecule has 14 heteroatoms. The fourth-order valence-electron chi connectivity index (χ4n) is 3.38. The Bertz CT molecular complexity index is 1460. The van der Waals surface area contributed by atoms with Gasteiger partial charge in [-0.25, -0.2) is 18.3 Å². The number of nitrogens with two attached hydrogens (primary N) is 2. The van der Waals surface area contributed by atoms with E-state index in [0.717, 1.165) is 4.57 Å². The number of anilines is 3. The van der Waals surface area contributed by atoms with Crippen molar-refractivity contribution in [1.29, 1.82) is 5.26 Å². The van der Waals surface area contributed by atoms with Gasteiger partial charge in [0.15, 0.2) is 5.82 Å². The lowest BCUT2D eigenvalue weighted by molar-refractivity contribution is 0.153. The third-order valence-corrected chi connectivity index (χ3v) is 5.13. The van der Waals surface area contributed by atoms with Crippen molar-refractivity contribution in [3.8, 4) is 11.9 Å². The van der Waals surface area contributed by atoms with E-state index in [1.807, 2.05) is 6.07 Å². The van der Waals surface area contributed by atoms with Gasteiger partial charge < -0.3 is 16.8 Å². The molecule has 4 aromatic rings. The van der Waals surface area contributed by atoms with E-state index in [1.165, 1.54) is 24.4 Å². The number of hydrogen-bond donors (Lipinski definition) is 4. The van der Waals surface area contributed by atoms with Gasteiger partial charge in [0, 0.05) is 6.07 Å². The lowest BCUT2D eigenvalue weighted by Crippen LogP contribution is -2.28. The molecule has 6 N–H and O–H groups in total. The molecular formula is C19H15ClF2N10O. The lowest BCUT2D eigenvalue weighted by atomic mass is 10.1. The van der Waals surface area contributed by atoms with Crippen molar-refractivity contribution in [3.05, 3.63) is 56.7 Å². The molecule has 1 aromatic carbocycles. The van der Waals surface area contributed by atoms with Gasteiger partial charge in [-0.3, -0.25) is 9.89 Å². The molecule has 0 saturated carbocycles. The van der Waals surface area contributed by atoms with Crippen LogP contribution in [-0.4, -0.2) is 29.7 Å². The number of hydrogen-bond acceptors (Lipinski definition) is 9. The van der Waals surface area contributed by atoms with Crippen LogP contribution in [0.1, 0.15) is 36.3 Å². The van der Waals surface area contributed by atoms with Crippen molar-refractivity contribution in [1.82, 2.24) is 29.7 Å². The van der Waals surface area contributed by atoms with E-state index in [-0.39, 0.29) is 50.7 Å². The number of H-pyrrole nitrogens is 1. The van der Waals surface area contributed by atoms with Crippen LogP contribution in [-0.2, 0) is 0 Å². The molecule has 3 aromatic heterocycles. The number of nitrogens with zero attached hydrogens (tertiary/aromatic N) is 6. The molecule has 168 valence electrons. The second kappa shape index (κ2) is 8.32. The van der Waals surface area contributed by atoms with E-state index in [1.54, 1.807) is 6.92 Å². The number of nitrogens with one attached hydrogen (secondary N) is 2. The van der Waals surface area contributed by atoms with Crippen LogP contribution in [0.4, 0.5) is 26.4 Å². The van der Waals surface area contributed by atoms with Crippen molar-refractivity contribution in [2.24, 2.45) is 0 Å². The molecular weight excluding hydrogens is 458 g/mol. The maximum absolute atomic E-state index is 13.8. The third-order valence-electron chi connectivity index (χ3n) is 4.80. The van der Waals surface area contributed by atoms with Gasteiger partial charge in [-0.05, 0) is 19.1 Å². The monoisotopic (exact) mass is 472 g/mol. The third kappa shape index (κ3) is 3.76. The zero-order chi connectivity index (χ0) is 23.9. The van der Waals surface area contributed by atoms with Crippen LogP contribution in [0.3, 0.4) is 0 Å². The minimum absolute atomic E-state index is 0.0151. The second-order valence-electron chi connectivity index (χ2n) is 6.88. The summed E-state index contributed by atoms with van der Waals surface area (Å²) in [5.41, 5.74) is 9.95. The van der Waals surface area contributed by atoms with Gasteiger partial charge in [0.2, 0.25) is 5.95 Å². The average molecular weight is 473 g/mol. The first kappa shape index (κ1) is 21.9. The number of nitriles is 1. The first-order valence-electron chi connectivity index (χ1n) is 9.35. The Morgan fingerprint density at radius 2 is 2.00 bits per heavy atom. The molecule has 0 aliphatic rings. The highest BCUT2D eigenvalue weighted by Gasteiger charge is 2.25. The Morgan fingerprint density at radius 3 is 2.64 bits per heavy atom. The summed E-state index contributed by atoms with van der Waals surface area (Å²) < 4.78 is 28.6. The quantitative estimate of drug-likeness (QED) is 0.340. The Hall–Kier alpha value is -4.31. The summed E-state index contributed by atoms with van der Waals surface area (Å²) in [5.74, 6) is 0.00692. The fourth-order valence-corrected chi connectivity index (χ4v) is 3.62. The van der Waals surface area contributed by atoms with E-state index in [2.05, 4.69) is 30.5 Å². The first-order valence-corrected chi connectivity index (χ1v) is 9.73. The Balaban J connectivity index is 1.97. The zero-order valence-electron chi connectivity index (χ0n) is 16.8. The van der Waals surface area contributed by atoms with Gasteiger partial charge in [0.1, 0.15) is 29.1 Å². The van der Waals surface area contributed by atoms with E-state index >= 15 is 0 Å². The van der Waals surface area contributed by atoms with Crippen molar-refractivity contribution < 1.29 is 8.78 Å². The summed E-state index contributed by atoms with van der Waals surface area (Å²) in [6, 6.07) is 5.20. The molecule has 0 bridgehead atoms. The van der Waals surface area contributed by atoms with E-state index in [0.29, 0.717) is 0 Å². The Kier molecular flexibility index (Phi) is 5.52. The van der Waals surface area contributed by atoms with Crippen LogP contribution >= 0.6 is 11.6 Å². The van der Waals surface area contributed by atoms with E-state index < -0.39 is 23.6 Å². The summed E-state index contributed by atoms with van der Waals surface area (Å²) in [5, 5.41) is 18.2. The maximum atomic E-state index is 13.8. The average Bonchev–Trinajstić information content (AvgIpc) is 3.27. The molecule has 0 amide bonds. The molecule has 0 aliphatic carbocycles. The maximum Gasteiger partial charge on any atom is 0.267 e. The highest BCUT2D eigenvalue weighted by molar-refractivity contribution is 6.32. The number of aromatic nitrogens is 6. The standard InChI is InChI=1S/C19H15ClF2N10O/c1-7(27-16-8(6-23)15(24)29-19(25)30-16)17-28-10-3-2-9(20)12(14(21)22)13(10)18(33)32(17)11-4-5-26-31-11/h2-5,7,14H,1H3,(H,26,31)(H5,24,25,27,29,30)/t7-/m0/s1. The molecule has 0 aliphatic heterocycles. The van der Waals surface area contributed by atoms with Crippen LogP contribution in [0.2, 0.25) is 5.02 Å². The molecule has 0 fully saturated rings. The minimum Gasteiger partial charge on any atom is -0.382 e. The van der Waals surface area contributed by atoms with Crippen LogP contribution in [0.15, 0.2) is 29.2 Å². The summed E-state index contributed by atoms with van der Waals surface area (Å²) in [7, 11) is 0. The van der Waals surface area contributed by atoms with Gasteiger partial charge in [0.25, 0.3) is 12.0 Å². The molecule has 0 unspecified atom stereocenters. The number of aromatic amines is 1. The van der Waals surface area contributed by atoms with E-state index in [9.17, 15) is 18.8 Å². The van der Waals surface area contributed by atoms with E-state index in [4.69, 9.17) is 23.1 Å². The lowest BCUT2D eigenvalue weighted by Gasteiger charge is -2.20. The molecule has 0 spiro atoms. The number of halogens is 3. The molecule has 11 nitrogen and oxygen atoms in total. The topological polar surface area (TPSA) is 177 Å². The van der Waals surface area contributed by atoms with Gasteiger partial charge in [-0.2, -0.15) is 20.3 Å². The molecule has 0 saturated heterocycles. The van der Waals surface area contributed by atoms with Crippen molar-refractivity contribution >= 4 is 40.1 Å². The van der Waals surface area contributed by atoms with Crippen molar-refractivity contribution in [2.45, 2.75) is 19.4 Å². The number of benzene rings is 1. The fraction of sp³-hybridized carbons (Fsp3) is 0.158. The van der Waals surface area contributed by atoms with Crippen LogP contribution in [0.5, 0.6) is 0 Å². The van der Waals surface area contributed by atoms with Crippen LogP contribution in [0.25, 0.3) is 16.7 Å². The number of nitrogen functional groups attached to an aromatic ring is 2. The predicted molar refractivity (Wildman–Crippen MR) is 117 cm³/mol. The van der Waals surface area contributed by atoms with Gasteiger partial charge in [-0.15, -0.1) is 0 Å². The molecule has 0 radical (unpaired) electrons. The van der Waals surface area contributed by atoms with Gasteiger partial charge in [-0.1, -0.05) is 11.6 Å². The first-order chi connectivity index (χ1) is 15.7. The number of rotatable bonds is 5. The predicted octanol–water partition coefficient (Wildman–Crippen LogP) is 2.70. The summed E-state index contributed by atoms with van der Waals surface area (Å²) in [6.45, 7) is 1.63. The molecule has 33 heavy (non-hydrogen) atoms. The van der Waals surface area contributed by atoms with Crippen LogP contribution in [0, 0.1) is 11.3 Å². The largest absolute Gasteiger partial charge is 0.382 e.